The summed E-state index contributed by atoms with van der Waals surface area (Å²) < 4.78 is 5.43. The zero-order chi connectivity index (χ0) is 8.69. The maximum Gasteiger partial charge on any atom is 0.0985 e. The average molecular weight is 154 g/mol. The maximum absolute atomic E-state index is 5.43. The topological polar surface area (TPSA) is 9.23 Å². The molecule has 0 rings (SSSR count). The Labute approximate surface area is 69.8 Å². The van der Waals surface area contributed by atoms with Crippen molar-refractivity contribution in [2.24, 2.45) is 0 Å². The molecule has 0 aliphatic carbocycles. The second-order valence-corrected chi connectivity index (χ2v) is 2.39. The molecule has 1 heteroatoms. The van der Waals surface area contributed by atoms with E-state index in [0.717, 1.165) is 18.8 Å². The van der Waals surface area contributed by atoms with E-state index < -0.39 is 0 Å². The molecular formula is C10H18O. The standard InChI is InChI=1S/C10H18O/c1-5-8-9(4)10(6-2)11-7-3/h5,8H,6-7H2,1-4H3/b8-5-,10-9+. The van der Waals surface area contributed by atoms with Crippen LogP contribution in [-0.4, -0.2) is 6.61 Å². The van der Waals surface area contributed by atoms with Gasteiger partial charge in [0.2, 0.25) is 0 Å². The Morgan fingerprint density at radius 1 is 1.36 bits per heavy atom. The van der Waals surface area contributed by atoms with Gasteiger partial charge in [0.1, 0.15) is 0 Å². The summed E-state index contributed by atoms with van der Waals surface area (Å²) in [5.41, 5.74) is 1.23. The number of ether oxygens (including phenoxy) is 1. The van der Waals surface area contributed by atoms with Crippen LogP contribution in [0.4, 0.5) is 0 Å². The van der Waals surface area contributed by atoms with E-state index in [9.17, 15) is 0 Å². The molecule has 11 heavy (non-hydrogen) atoms. The van der Waals surface area contributed by atoms with E-state index in [0.29, 0.717) is 0 Å². The third-order valence-electron chi connectivity index (χ3n) is 1.50. The van der Waals surface area contributed by atoms with Crippen LogP contribution in [0.3, 0.4) is 0 Å². The van der Waals surface area contributed by atoms with Crippen LogP contribution in [-0.2, 0) is 4.74 Å². The van der Waals surface area contributed by atoms with E-state index in [-0.39, 0.29) is 0 Å². The molecule has 0 fully saturated rings. The molecule has 0 saturated heterocycles. The molecule has 64 valence electrons. The van der Waals surface area contributed by atoms with Gasteiger partial charge >= 0.3 is 0 Å². The van der Waals surface area contributed by atoms with Crippen LogP contribution < -0.4 is 0 Å². The van der Waals surface area contributed by atoms with Crippen LogP contribution in [0.1, 0.15) is 34.1 Å². The molecule has 0 amide bonds. The fraction of sp³-hybridized carbons (Fsp3) is 0.600. The van der Waals surface area contributed by atoms with Crippen molar-refractivity contribution < 1.29 is 4.74 Å². The molecule has 0 radical (unpaired) electrons. The first kappa shape index (κ1) is 10.3. The van der Waals surface area contributed by atoms with Crippen LogP contribution in [0.15, 0.2) is 23.5 Å². The molecular weight excluding hydrogens is 136 g/mol. The molecule has 0 aromatic heterocycles. The molecule has 0 aromatic rings. The highest BCUT2D eigenvalue weighted by Gasteiger charge is 1.96. The Morgan fingerprint density at radius 3 is 2.36 bits per heavy atom. The molecule has 0 spiro atoms. The minimum Gasteiger partial charge on any atom is -0.498 e. The van der Waals surface area contributed by atoms with Gasteiger partial charge in [0, 0.05) is 6.42 Å². The molecule has 0 aliphatic heterocycles. The average Bonchev–Trinajstić information content (AvgIpc) is 2.00. The van der Waals surface area contributed by atoms with Gasteiger partial charge in [0.15, 0.2) is 0 Å². The Bertz CT molecular complexity index is 154. The van der Waals surface area contributed by atoms with E-state index >= 15 is 0 Å². The first-order valence-corrected chi connectivity index (χ1v) is 4.21. The van der Waals surface area contributed by atoms with E-state index in [2.05, 4.69) is 19.9 Å². The van der Waals surface area contributed by atoms with Gasteiger partial charge in [-0.3, -0.25) is 0 Å². The lowest BCUT2D eigenvalue weighted by Crippen LogP contribution is -1.92. The summed E-state index contributed by atoms with van der Waals surface area (Å²) in [6, 6.07) is 0. The van der Waals surface area contributed by atoms with Gasteiger partial charge in [-0.25, -0.2) is 0 Å². The highest BCUT2D eigenvalue weighted by molar-refractivity contribution is 5.19. The highest BCUT2D eigenvalue weighted by Crippen LogP contribution is 2.10. The summed E-state index contributed by atoms with van der Waals surface area (Å²) in [6.07, 6.45) is 5.09. The third-order valence-corrected chi connectivity index (χ3v) is 1.50. The summed E-state index contributed by atoms with van der Waals surface area (Å²) in [5, 5.41) is 0. The number of hydrogen-bond acceptors (Lipinski definition) is 1. The van der Waals surface area contributed by atoms with Crippen molar-refractivity contribution in [2.45, 2.75) is 34.1 Å². The van der Waals surface area contributed by atoms with E-state index in [4.69, 9.17) is 4.74 Å². The minimum atomic E-state index is 0.762. The lowest BCUT2D eigenvalue weighted by atomic mass is 10.2. The van der Waals surface area contributed by atoms with Crippen LogP contribution in [0.2, 0.25) is 0 Å². The predicted octanol–water partition coefficient (Wildman–Crippen LogP) is 3.28. The molecule has 0 heterocycles. The Balaban J connectivity index is 4.26. The summed E-state index contributed by atoms with van der Waals surface area (Å²) in [6.45, 7) is 8.98. The van der Waals surface area contributed by atoms with Gasteiger partial charge < -0.3 is 4.74 Å². The van der Waals surface area contributed by atoms with Gasteiger partial charge in [0.25, 0.3) is 0 Å². The molecule has 0 N–H and O–H groups in total. The lowest BCUT2D eigenvalue weighted by Gasteiger charge is -2.07. The fourth-order valence-electron chi connectivity index (χ4n) is 1.01. The number of rotatable bonds is 4. The van der Waals surface area contributed by atoms with Gasteiger partial charge in [-0.1, -0.05) is 19.1 Å². The van der Waals surface area contributed by atoms with Crippen LogP contribution in [0, 0.1) is 0 Å². The zero-order valence-corrected chi connectivity index (χ0v) is 7.98. The Morgan fingerprint density at radius 2 is 2.00 bits per heavy atom. The molecule has 0 unspecified atom stereocenters. The Kier molecular flexibility index (Phi) is 5.63. The molecule has 0 bridgehead atoms. The predicted molar refractivity (Wildman–Crippen MR) is 49.4 cm³/mol. The fourth-order valence-corrected chi connectivity index (χ4v) is 1.01. The van der Waals surface area contributed by atoms with Gasteiger partial charge in [-0.2, -0.15) is 0 Å². The first-order chi connectivity index (χ1) is 5.26. The van der Waals surface area contributed by atoms with Crippen molar-refractivity contribution >= 4 is 0 Å². The molecule has 0 aromatic carbocycles. The summed E-state index contributed by atoms with van der Waals surface area (Å²) in [5.74, 6) is 1.10. The summed E-state index contributed by atoms with van der Waals surface area (Å²) in [7, 11) is 0. The van der Waals surface area contributed by atoms with Crippen molar-refractivity contribution in [3.63, 3.8) is 0 Å². The largest absolute Gasteiger partial charge is 0.498 e. The van der Waals surface area contributed by atoms with Crippen LogP contribution in [0.25, 0.3) is 0 Å². The van der Waals surface area contributed by atoms with Crippen molar-refractivity contribution in [3.05, 3.63) is 23.5 Å². The monoisotopic (exact) mass is 154 g/mol. The van der Waals surface area contributed by atoms with E-state index in [1.54, 1.807) is 0 Å². The first-order valence-electron chi connectivity index (χ1n) is 4.21. The lowest BCUT2D eigenvalue weighted by molar-refractivity contribution is 0.218. The van der Waals surface area contributed by atoms with Crippen molar-refractivity contribution in [2.75, 3.05) is 6.61 Å². The number of hydrogen-bond donors (Lipinski definition) is 0. The molecule has 0 atom stereocenters. The molecule has 0 aliphatic rings. The van der Waals surface area contributed by atoms with Crippen molar-refractivity contribution in [1.82, 2.24) is 0 Å². The van der Waals surface area contributed by atoms with Gasteiger partial charge in [-0.15, -0.1) is 0 Å². The molecule has 1 nitrogen and oxygen atoms in total. The normalized spacial score (nSPS) is 13.5. The third kappa shape index (κ3) is 3.87. The quantitative estimate of drug-likeness (QED) is 0.446. The second kappa shape index (κ2) is 6.02. The van der Waals surface area contributed by atoms with Crippen LogP contribution in [0.5, 0.6) is 0 Å². The maximum atomic E-state index is 5.43. The number of allylic oxidation sites excluding steroid dienone is 4. The molecule has 0 saturated carbocycles. The smallest absolute Gasteiger partial charge is 0.0985 e. The van der Waals surface area contributed by atoms with Gasteiger partial charge in [0.05, 0.1) is 12.4 Å². The zero-order valence-electron chi connectivity index (χ0n) is 7.98. The van der Waals surface area contributed by atoms with Crippen molar-refractivity contribution in [1.29, 1.82) is 0 Å². The summed E-state index contributed by atoms with van der Waals surface area (Å²) >= 11 is 0. The Hall–Kier alpha value is -0.720. The minimum absolute atomic E-state index is 0.762. The SMILES string of the molecule is C/C=C\C(C)=C(/CC)OCC. The second-order valence-electron chi connectivity index (χ2n) is 2.39. The summed E-state index contributed by atoms with van der Waals surface area (Å²) in [4.78, 5) is 0. The highest BCUT2D eigenvalue weighted by atomic mass is 16.5. The van der Waals surface area contributed by atoms with Crippen molar-refractivity contribution in [3.8, 4) is 0 Å². The van der Waals surface area contributed by atoms with E-state index in [1.165, 1.54) is 5.57 Å². The van der Waals surface area contributed by atoms with Gasteiger partial charge in [-0.05, 0) is 26.3 Å². The van der Waals surface area contributed by atoms with Crippen LogP contribution >= 0.6 is 0 Å². The van der Waals surface area contributed by atoms with E-state index in [1.807, 2.05) is 19.9 Å².